The third-order valence-electron chi connectivity index (χ3n) is 5.75. The number of hydrogen-bond acceptors (Lipinski definition) is 7. The maximum absolute atomic E-state index is 12.6. The number of carbonyl (C=O) groups excluding carboxylic acids is 1. The quantitative estimate of drug-likeness (QED) is 0.443. The van der Waals surface area contributed by atoms with Gasteiger partial charge in [-0.3, -0.25) is 14.6 Å². The fourth-order valence-electron chi connectivity index (χ4n) is 4.00. The zero-order valence-corrected chi connectivity index (χ0v) is 18.9. The number of aromatic nitrogens is 1. The molecule has 1 saturated heterocycles. The summed E-state index contributed by atoms with van der Waals surface area (Å²) < 4.78 is 5.40. The number of piperazine rings is 1. The maximum atomic E-state index is 12.6. The molecule has 0 saturated carbocycles. The molecule has 3 heterocycles. The van der Waals surface area contributed by atoms with E-state index in [2.05, 4.69) is 44.4 Å². The van der Waals surface area contributed by atoms with Gasteiger partial charge in [-0.2, -0.15) is 0 Å². The molecule has 0 bridgehead atoms. The fraction of sp³-hybridized carbons (Fsp3) is 0.240. The van der Waals surface area contributed by atoms with E-state index in [9.17, 15) is 9.59 Å². The number of hydrogen-bond donors (Lipinski definition) is 1. The molecule has 7 nitrogen and oxygen atoms in total. The Morgan fingerprint density at radius 3 is 2.55 bits per heavy atom. The average molecular weight is 461 g/mol. The predicted molar refractivity (Wildman–Crippen MR) is 130 cm³/mol. The summed E-state index contributed by atoms with van der Waals surface area (Å²) in [5, 5.41) is 5.94. The van der Waals surface area contributed by atoms with E-state index in [-0.39, 0.29) is 5.91 Å². The van der Waals surface area contributed by atoms with Gasteiger partial charge in [0.25, 0.3) is 0 Å². The highest BCUT2D eigenvalue weighted by atomic mass is 32.1. The van der Waals surface area contributed by atoms with Gasteiger partial charge < -0.3 is 9.73 Å². The first kappa shape index (κ1) is 21.5. The summed E-state index contributed by atoms with van der Waals surface area (Å²) in [6.07, 6.45) is 0. The smallest absolute Gasteiger partial charge is 0.345 e. The first-order valence-corrected chi connectivity index (χ1v) is 11.8. The molecule has 1 fully saturated rings. The molecule has 1 aliphatic heterocycles. The van der Waals surface area contributed by atoms with E-state index in [0.29, 0.717) is 28.5 Å². The van der Waals surface area contributed by atoms with Crippen LogP contribution in [0, 0.1) is 0 Å². The molecule has 0 aliphatic carbocycles. The number of anilines is 1. The molecular formula is C25H24N4O3S. The Morgan fingerprint density at radius 2 is 1.73 bits per heavy atom. The number of amides is 1. The molecule has 1 aliphatic rings. The van der Waals surface area contributed by atoms with Crippen LogP contribution in [-0.4, -0.2) is 53.4 Å². The number of nitrogens with one attached hydrogen (secondary N) is 1. The Morgan fingerprint density at radius 1 is 1.00 bits per heavy atom. The lowest BCUT2D eigenvalue weighted by molar-refractivity contribution is -0.117. The number of rotatable bonds is 6. The Bertz CT molecular complexity index is 1310. The number of thiazole rings is 1. The first-order valence-electron chi connectivity index (χ1n) is 10.9. The molecule has 0 spiro atoms. The lowest BCUT2D eigenvalue weighted by atomic mass is 10.1. The average Bonchev–Trinajstić information content (AvgIpc) is 3.28. The molecule has 2 aromatic heterocycles. The lowest BCUT2D eigenvalue weighted by Crippen LogP contribution is -2.48. The molecule has 33 heavy (non-hydrogen) atoms. The Labute approximate surface area is 195 Å². The van der Waals surface area contributed by atoms with Crippen molar-refractivity contribution in [3.8, 4) is 11.3 Å². The van der Waals surface area contributed by atoms with Crippen LogP contribution in [0.3, 0.4) is 0 Å². The molecule has 0 atom stereocenters. The normalized spacial score (nSPS) is 15.0. The monoisotopic (exact) mass is 460 g/mol. The number of benzene rings is 2. The summed E-state index contributed by atoms with van der Waals surface area (Å²) in [4.78, 5) is 33.9. The van der Waals surface area contributed by atoms with Crippen molar-refractivity contribution < 1.29 is 9.21 Å². The van der Waals surface area contributed by atoms with Crippen LogP contribution in [0.15, 0.2) is 75.3 Å². The first-order chi connectivity index (χ1) is 16.1. The molecule has 8 heteroatoms. The van der Waals surface area contributed by atoms with Crippen LogP contribution in [0.4, 0.5) is 5.13 Å². The number of fused-ring (bicyclic) bond motifs is 1. The molecule has 5 rings (SSSR count). The van der Waals surface area contributed by atoms with E-state index in [1.165, 1.54) is 16.9 Å². The van der Waals surface area contributed by atoms with Gasteiger partial charge in [0.15, 0.2) is 5.13 Å². The highest BCUT2D eigenvalue weighted by Crippen LogP contribution is 2.25. The second-order valence-electron chi connectivity index (χ2n) is 8.11. The zero-order valence-electron chi connectivity index (χ0n) is 18.1. The van der Waals surface area contributed by atoms with Crippen molar-refractivity contribution in [2.45, 2.75) is 6.54 Å². The largest absolute Gasteiger partial charge is 0.422 e. The minimum Gasteiger partial charge on any atom is -0.422 e. The van der Waals surface area contributed by atoms with E-state index in [0.717, 1.165) is 38.1 Å². The lowest BCUT2D eigenvalue weighted by Gasteiger charge is -2.34. The van der Waals surface area contributed by atoms with Gasteiger partial charge in [-0.25, -0.2) is 9.78 Å². The van der Waals surface area contributed by atoms with Crippen LogP contribution in [0.1, 0.15) is 5.56 Å². The molecule has 0 radical (unpaired) electrons. The van der Waals surface area contributed by atoms with Crippen LogP contribution in [-0.2, 0) is 11.3 Å². The zero-order chi connectivity index (χ0) is 22.6. The number of para-hydroxylation sites is 1. The Kier molecular flexibility index (Phi) is 6.30. The topological polar surface area (TPSA) is 78.7 Å². The second kappa shape index (κ2) is 9.66. The summed E-state index contributed by atoms with van der Waals surface area (Å²) in [6.45, 7) is 4.82. The van der Waals surface area contributed by atoms with Gasteiger partial charge in [-0.15, -0.1) is 11.3 Å². The van der Waals surface area contributed by atoms with Gasteiger partial charge in [0, 0.05) is 43.5 Å². The molecule has 2 aromatic carbocycles. The molecular weight excluding hydrogens is 436 g/mol. The summed E-state index contributed by atoms with van der Waals surface area (Å²) in [5.74, 6) is -0.0991. The van der Waals surface area contributed by atoms with E-state index in [4.69, 9.17) is 4.42 Å². The van der Waals surface area contributed by atoms with Crippen molar-refractivity contribution >= 4 is 33.3 Å². The third kappa shape index (κ3) is 5.19. The van der Waals surface area contributed by atoms with E-state index >= 15 is 0 Å². The van der Waals surface area contributed by atoms with Gasteiger partial charge >= 0.3 is 5.63 Å². The molecule has 4 aromatic rings. The summed E-state index contributed by atoms with van der Waals surface area (Å²) in [7, 11) is 0. The molecule has 168 valence electrons. The molecule has 1 amide bonds. The van der Waals surface area contributed by atoms with E-state index in [1.54, 1.807) is 17.5 Å². The van der Waals surface area contributed by atoms with Crippen LogP contribution >= 0.6 is 11.3 Å². The van der Waals surface area contributed by atoms with Gasteiger partial charge in [-0.1, -0.05) is 48.5 Å². The summed E-state index contributed by atoms with van der Waals surface area (Å²) in [5.41, 5.74) is 2.30. The highest BCUT2D eigenvalue weighted by molar-refractivity contribution is 7.14. The number of carbonyl (C=O) groups is 1. The maximum Gasteiger partial charge on any atom is 0.345 e. The van der Waals surface area contributed by atoms with Crippen LogP contribution in [0.25, 0.3) is 22.2 Å². The second-order valence-corrected chi connectivity index (χ2v) is 8.97. The standard InChI is InChI=1S/C25H24N4O3S/c30-23(16-29-12-10-28(11-13-29)15-18-6-2-1-3-7-18)27-25-26-21(17-33-25)20-14-19-8-4-5-9-22(19)32-24(20)31/h1-9,14,17H,10-13,15-16H2,(H,26,27,30). The van der Waals surface area contributed by atoms with Crippen molar-refractivity contribution in [1.82, 2.24) is 14.8 Å². The van der Waals surface area contributed by atoms with Crippen LogP contribution in [0.2, 0.25) is 0 Å². The van der Waals surface area contributed by atoms with Crippen LogP contribution in [0.5, 0.6) is 0 Å². The summed E-state index contributed by atoms with van der Waals surface area (Å²) >= 11 is 1.30. The minimum atomic E-state index is -0.440. The minimum absolute atomic E-state index is 0.0991. The Balaban J connectivity index is 1.16. The number of nitrogens with zero attached hydrogens (tertiary/aromatic N) is 3. The third-order valence-corrected chi connectivity index (χ3v) is 6.51. The van der Waals surface area contributed by atoms with Crippen molar-refractivity contribution in [3.05, 3.63) is 82.0 Å². The van der Waals surface area contributed by atoms with Crippen molar-refractivity contribution in [2.75, 3.05) is 38.0 Å². The van der Waals surface area contributed by atoms with Crippen molar-refractivity contribution in [3.63, 3.8) is 0 Å². The SMILES string of the molecule is O=C(CN1CCN(Cc2ccccc2)CC1)Nc1nc(-c2cc3ccccc3oc2=O)cs1. The van der Waals surface area contributed by atoms with Gasteiger partial charge in [0.1, 0.15) is 5.58 Å². The molecule has 1 N–H and O–H groups in total. The van der Waals surface area contributed by atoms with E-state index < -0.39 is 5.63 Å². The van der Waals surface area contributed by atoms with Gasteiger partial charge in [0.05, 0.1) is 17.8 Å². The predicted octanol–water partition coefficient (Wildman–Crippen LogP) is 3.67. The Hall–Kier alpha value is -3.33. The van der Waals surface area contributed by atoms with E-state index in [1.807, 2.05) is 24.3 Å². The van der Waals surface area contributed by atoms with Crippen LogP contribution < -0.4 is 10.9 Å². The summed E-state index contributed by atoms with van der Waals surface area (Å²) in [6, 6.07) is 19.6. The van der Waals surface area contributed by atoms with Crippen molar-refractivity contribution in [1.29, 1.82) is 0 Å². The fourth-order valence-corrected chi connectivity index (χ4v) is 4.73. The molecule has 0 unspecified atom stereocenters. The van der Waals surface area contributed by atoms with Crippen molar-refractivity contribution in [2.24, 2.45) is 0 Å². The van der Waals surface area contributed by atoms with Gasteiger partial charge in [0.2, 0.25) is 5.91 Å². The highest BCUT2D eigenvalue weighted by Gasteiger charge is 2.20. The van der Waals surface area contributed by atoms with Gasteiger partial charge in [-0.05, 0) is 17.7 Å².